The van der Waals surface area contributed by atoms with E-state index in [0.717, 1.165) is 16.7 Å². The van der Waals surface area contributed by atoms with E-state index in [1.54, 1.807) is 24.5 Å². The number of rotatable bonds is 9. The van der Waals surface area contributed by atoms with Gasteiger partial charge >= 0.3 is 0 Å². The van der Waals surface area contributed by atoms with Gasteiger partial charge in [0, 0.05) is 12.3 Å². The van der Waals surface area contributed by atoms with Crippen molar-refractivity contribution in [3.63, 3.8) is 0 Å². The van der Waals surface area contributed by atoms with Crippen molar-refractivity contribution < 1.29 is 14.3 Å². The minimum atomic E-state index is -0.257. The number of nitrogens with zero attached hydrogens (tertiary/aromatic N) is 1. The summed E-state index contributed by atoms with van der Waals surface area (Å²) in [5, 5.41) is 2.92. The van der Waals surface area contributed by atoms with Gasteiger partial charge in [0.15, 0.2) is 0 Å². The quantitative estimate of drug-likeness (QED) is 0.310. The molecule has 0 aliphatic carbocycles. The van der Waals surface area contributed by atoms with Gasteiger partial charge in [-0.15, -0.1) is 0 Å². The molecule has 0 spiro atoms. The summed E-state index contributed by atoms with van der Waals surface area (Å²) in [4.78, 5) is 17.3. The van der Waals surface area contributed by atoms with Crippen LogP contribution in [0.5, 0.6) is 11.5 Å². The largest absolute Gasteiger partial charge is 0.488 e. The van der Waals surface area contributed by atoms with Crippen molar-refractivity contribution in [2.75, 3.05) is 5.32 Å². The minimum Gasteiger partial charge on any atom is -0.488 e. The summed E-state index contributed by atoms with van der Waals surface area (Å²) in [7, 11) is 0. The second-order valence-electron chi connectivity index (χ2n) is 8.29. The first-order valence-corrected chi connectivity index (χ1v) is 11.3. The van der Waals surface area contributed by atoms with E-state index in [1.807, 2.05) is 72.8 Å². The summed E-state index contributed by atoms with van der Waals surface area (Å²) in [6.07, 6.45) is 3.28. The van der Waals surface area contributed by atoms with Crippen LogP contribution in [0, 0.1) is 0 Å². The fraction of sp³-hybridized carbons (Fsp3) is 0.172. The molecule has 5 heteroatoms. The predicted molar refractivity (Wildman–Crippen MR) is 134 cm³/mol. The van der Waals surface area contributed by atoms with Gasteiger partial charge in [0.2, 0.25) is 0 Å². The molecule has 3 aromatic carbocycles. The lowest BCUT2D eigenvalue weighted by molar-refractivity contribution is 0.102. The molecule has 172 valence electrons. The van der Waals surface area contributed by atoms with Gasteiger partial charge in [-0.25, -0.2) is 0 Å². The number of aromatic nitrogens is 1. The normalized spacial score (nSPS) is 10.7. The van der Waals surface area contributed by atoms with E-state index in [-0.39, 0.29) is 11.8 Å². The maximum absolute atomic E-state index is 13.3. The van der Waals surface area contributed by atoms with Crippen LogP contribution in [0.4, 0.5) is 5.69 Å². The van der Waals surface area contributed by atoms with Crippen LogP contribution in [0.2, 0.25) is 0 Å². The molecule has 4 rings (SSSR count). The van der Waals surface area contributed by atoms with E-state index in [4.69, 9.17) is 9.47 Å². The summed E-state index contributed by atoms with van der Waals surface area (Å²) >= 11 is 0. The van der Waals surface area contributed by atoms with E-state index in [9.17, 15) is 4.79 Å². The number of anilines is 1. The number of amides is 1. The van der Waals surface area contributed by atoms with Gasteiger partial charge in [-0.1, -0.05) is 74.5 Å². The molecule has 0 bridgehead atoms. The van der Waals surface area contributed by atoms with E-state index in [1.165, 1.54) is 0 Å². The average Bonchev–Trinajstić information content (AvgIpc) is 2.87. The lowest BCUT2D eigenvalue weighted by atomic mass is 9.98. The Balaban J connectivity index is 1.66. The van der Waals surface area contributed by atoms with Crippen LogP contribution in [0.1, 0.15) is 46.8 Å². The highest BCUT2D eigenvalue weighted by Crippen LogP contribution is 2.35. The minimum absolute atomic E-state index is 0.152. The third-order valence-corrected chi connectivity index (χ3v) is 5.37. The molecular formula is C29H28N2O3. The third kappa shape index (κ3) is 6.01. The maximum atomic E-state index is 13.3. The number of hydrogen-bond donors (Lipinski definition) is 1. The highest BCUT2D eigenvalue weighted by Gasteiger charge is 2.20. The van der Waals surface area contributed by atoms with Gasteiger partial charge in [0.1, 0.15) is 24.7 Å². The van der Waals surface area contributed by atoms with E-state index in [2.05, 4.69) is 24.1 Å². The molecule has 0 fully saturated rings. The summed E-state index contributed by atoms with van der Waals surface area (Å²) in [6.45, 7) is 4.93. The maximum Gasteiger partial charge on any atom is 0.259 e. The van der Waals surface area contributed by atoms with Crippen molar-refractivity contribution in [2.45, 2.75) is 33.0 Å². The second kappa shape index (κ2) is 11.1. The standard InChI is InChI=1S/C29H28N2O3/c1-21(2)25-16-26(29(32)31-24-14-9-15-30-18-24)28(34-20-23-12-7-4-8-13-23)17-27(25)33-19-22-10-5-3-6-11-22/h3-18,21H,19-20H2,1-2H3,(H,31,32). The van der Waals surface area contributed by atoms with E-state index < -0.39 is 0 Å². The molecule has 0 saturated heterocycles. The van der Waals surface area contributed by atoms with Crippen LogP contribution >= 0.6 is 0 Å². The molecule has 0 atom stereocenters. The molecular weight excluding hydrogens is 424 g/mol. The van der Waals surface area contributed by atoms with Gasteiger partial charge in [-0.05, 0) is 40.8 Å². The molecule has 1 N–H and O–H groups in total. The first-order valence-electron chi connectivity index (χ1n) is 11.3. The Morgan fingerprint density at radius 1 is 0.824 bits per heavy atom. The number of hydrogen-bond acceptors (Lipinski definition) is 4. The Bertz CT molecular complexity index is 1210. The van der Waals surface area contributed by atoms with Gasteiger partial charge in [-0.3, -0.25) is 9.78 Å². The van der Waals surface area contributed by atoms with Crippen molar-refractivity contribution in [3.05, 3.63) is 120 Å². The van der Waals surface area contributed by atoms with Gasteiger partial charge in [-0.2, -0.15) is 0 Å². The Morgan fingerprint density at radius 2 is 1.44 bits per heavy atom. The molecule has 34 heavy (non-hydrogen) atoms. The van der Waals surface area contributed by atoms with Crippen LogP contribution in [0.3, 0.4) is 0 Å². The Labute approximate surface area is 200 Å². The molecule has 0 saturated carbocycles. The number of nitrogens with one attached hydrogen (secondary N) is 1. The molecule has 0 aliphatic heterocycles. The second-order valence-corrected chi connectivity index (χ2v) is 8.29. The zero-order valence-electron chi connectivity index (χ0n) is 19.4. The monoisotopic (exact) mass is 452 g/mol. The van der Waals surface area contributed by atoms with Gasteiger partial charge < -0.3 is 14.8 Å². The van der Waals surface area contributed by atoms with Crippen molar-refractivity contribution in [3.8, 4) is 11.5 Å². The van der Waals surface area contributed by atoms with Crippen LogP contribution in [-0.2, 0) is 13.2 Å². The summed E-state index contributed by atoms with van der Waals surface area (Å²) < 4.78 is 12.4. The highest BCUT2D eigenvalue weighted by atomic mass is 16.5. The lowest BCUT2D eigenvalue weighted by Gasteiger charge is -2.19. The predicted octanol–water partition coefficient (Wildman–Crippen LogP) is 6.62. The molecule has 1 heterocycles. The lowest BCUT2D eigenvalue weighted by Crippen LogP contribution is -2.15. The molecule has 1 amide bonds. The zero-order chi connectivity index (χ0) is 23.8. The highest BCUT2D eigenvalue weighted by molar-refractivity contribution is 6.06. The third-order valence-electron chi connectivity index (χ3n) is 5.37. The smallest absolute Gasteiger partial charge is 0.259 e. The fourth-order valence-electron chi connectivity index (χ4n) is 3.56. The fourth-order valence-corrected chi connectivity index (χ4v) is 3.56. The number of carbonyl (C=O) groups excluding carboxylic acids is 1. The van der Waals surface area contributed by atoms with Crippen molar-refractivity contribution >= 4 is 11.6 Å². The summed E-state index contributed by atoms with van der Waals surface area (Å²) in [5.41, 5.74) is 4.11. The van der Waals surface area contributed by atoms with Crippen LogP contribution in [-0.4, -0.2) is 10.9 Å². The topological polar surface area (TPSA) is 60.5 Å². The summed E-state index contributed by atoms with van der Waals surface area (Å²) in [6, 6.07) is 27.2. The Morgan fingerprint density at radius 3 is 2.00 bits per heavy atom. The molecule has 0 unspecified atom stereocenters. The first kappa shape index (κ1) is 23.1. The van der Waals surface area contributed by atoms with Crippen LogP contribution < -0.4 is 14.8 Å². The number of carbonyl (C=O) groups is 1. The van der Waals surface area contributed by atoms with E-state index >= 15 is 0 Å². The first-order chi connectivity index (χ1) is 16.6. The number of ether oxygens (including phenoxy) is 2. The van der Waals surface area contributed by atoms with Crippen LogP contribution in [0.15, 0.2) is 97.3 Å². The Hall–Kier alpha value is -4.12. The Kier molecular flexibility index (Phi) is 7.56. The number of benzene rings is 3. The van der Waals surface area contributed by atoms with Crippen molar-refractivity contribution in [1.29, 1.82) is 0 Å². The van der Waals surface area contributed by atoms with Gasteiger partial charge in [0.25, 0.3) is 5.91 Å². The summed E-state index contributed by atoms with van der Waals surface area (Å²) in [5.74, 6) is 1.07. The van der Waals surface area contributed by atoms with Crippen molar-refractivity contribution in [1.82, 2.24) is 4.98 Å². The molecule has 0 aliphatic rings. The number of pyridine rings is 1. The molecule has 4 aromatic rings. The van der Waals surface area contributed by atoms with Gasteiger partial charge in [0.05, 0.1) is 17.4 Å². The zero-order valence-corrected chi connectivity index (χ0v) is 19.4. The van der Waals surface area contributed by atoms with Crippen molar-refractivity contribution in [2.24, 2.45) is 0 Å². The SMILES string of the molecule is CC(C)c1cc(C(=O)Nc2cccnc2)c(OCc2ccccc2)cc1OCc1ccccc1. The van der Waals surface area contributed by atoms with E-state index in [0.29, 0.717) is 36.0 Å². The molecule has 1 aromatic heterocycles. The molecule has 5 nitrogen and oxygen atoms in total. The van der Waals surface area contributed by atoms with Crippen LogP contribution in [0.25, 0.3) is 0 Å². The average molecular weight is 453 g/mol. The molecule has 0 radical (unpaired) electrons.